The van der Waals surface area contributed by atoms with E-state index in [1.54, 1.807) is 0 Å². The molecule has 0 aliphatic heterocycles. The zero-order valence-corrected chi connectivity index (χ0v) is 11.8. The van der Waals surface area contributed by atoms with Gasteiger partial charge in [0.05, 0.1) is 0 Å². The van der Waals surface area contributed by atoms with Crippen molar-refractivity contribution in [1.29, 1.82) is 0 Å². The maximum absolute atomic E-state index is 5.63. The molecule has 0 saturated carbocycles. The summed E-state index contributed by atoms with van der Waals surface area (Å²) >= 11 is 0. The molecule has 0 saturated heterocycles. The summed E-state index contributed by atoms with van der Waals surface area (Å²) in [5.74, 6) is 1.01. The monoisotopic (exact) mass is 225 g/mol. The van der Waals surface area contributed by atoms with Crippen molar-refractivity contribution in [1.82, 2.24) is 0 Å². The van der Waals surface area contributed by atoms with Crippen molar-refractivity contribution >= 4 is 14.5 Å². The third-order valence-electron chi connectivity index (χ3n) is 1.78. The molecule has 0 aromatic rings. The maximum atomic E-state index is 5.63. The Morgan fingerprint density at radius 3 is 2.20 bits per heavy atom. The lowest BCUT2D eigenvalue weighted by atomic mass is 10.1. The van der Waals surface area contributed by atoms with Crippen LogP contribution in [0.25, 0.3) is 0 Å². The molecule has 0 spiro atoms. The first-order valence-electron chi connectivity index (χ1n) is 5.34. The summed E-state index contributed by atoms with van der Waals surface area (Å²) in [4.78, 5) is 4.23. The van der Waals surface area contributed by atoms with Crippen LogP contribution in [0.3, 0.4) is 0 Å². The number of aliphatic imine (C=N–C) groups is 1. The summed E-state index contributed by atoms with van der Waals surface area (Å²) in [6.07, 6.45) is 3.91. The minimum atomic E-state index is -1.56. The molecule has 0 unspecified atom stereocenters. The van der Waals surface area contributed by atoms with Gasteiger partial charge in [-0.05, 0) is 44.6 Å². The first-order valence-corrected chi connectivity index (χ1v) is 8.75. The first-order chi connectivity index (χ1) is 6.76. The molecule has 0 radical (unpaired) electrons. The molecule has 3 heteroatoms. The van der Waals surface area contributed by atoms with Crippen LogP contribution in [0.15, 0.2) is 29.1 Å². The lowest BCUT2D eigenvalue weighted by molar-refractivity contribution is 0.421. The van der Waals surface area contributed by atoms with Crippen LogP contribution >= 0.6 is 0 Å². The van der Waals surface area contributed by atoms with E-state index in [1.165, 1.54) is 5.57 Å². The molecule has 0 heterocycles. The summed E-state index contributed by atoms with van der Waals surface area (Å²) in [6, 6.07) is 0. The van der Waals surface area contributed by atoms with Gasteiger partial charge in [-0.15, -0.1) is 0 Å². The van der Waals surface area contributed by atoms with E-state index in [1.807, 2.05) is 13.1 Å². The Hall–Kier alpha value is -0.833. The van der Waals surface area contributed by atoms with Crippen molar-refractivity contribution < 1.29 is 4.43 Å². The Morgan fingerprint density at radius 1 is 1.33 bits per heavy atom. The van der Waals surface area contributed by atoms with E-state index < -0.39 is 8.32 Å². The largest absolute Gasteiger partial charge is 0.532 e. The van der Waals surface area contributed by atoms with Crippen molar-refractivity contribution in [2.24, 2.45) is 10.9 Å². The second kappa shape index (κ2) is 5.91. The van der Waals surface area contributed by atoms with Crippen LogP contribution in [0.4, 0.5) is 0 Å². The van der Waals surface area contributed by atoms with Crippen molar-refractivity contribution in [2.75, 3.05) is 0 Å². The predicted molar refractivity (Wildman–Crippen MR) is 70.7 cm³/mol. The highest BCUT2D eigenvalue weighted by atomic mass is 28.4. The van der Waals surface area contributed by atoms with Crippen molar-refractivity contribution in [3.05, 3.63) is 24.1 Å². The second-order valence-corrected chi connectivity index (χ2v) is 9.24. The fourth-order valence-electron chi connectivity index (χ4n) is 1.08. The lowest BCUT2D eigenvalue weighted by Crippen LogP contribution is -2.24. The van der Waals surface area contributed by atoms with E-state index in [-0.39, 0.29) is 0 Å². The van der Waals surface area contributed by atoms with E-state index in [9.17, 15) is 0 Å². The summed E-state index contributed by atoms with van der Waals surface area (Å²) in [5, 5.41) is 0. The minimum Gasteiger partial charge on any atom is -0.532 e. The first kappa shape index (κ1) is 14.2. The van der Waals surface area contributed by atoms with Crippen molar-refractivity contribution in [3.8, 4) is 0 Å². The van der Waals surface area contributed by atoms with Gasteiger partial charge in [0.2, 0.25) is 8.32 Å². The fraction of sp³-hybridized carbons (Fsp3) is 0.583. The lowest BCUT2D eigenvalue weighted by Gasteiger charge is -2.18. The summed E-state index contributed by atoms with van der Waals surface area (Å²) < 4.78 is 5.63. The molecular formula is C12H23NOSi. The van der Waals surface area contributed by atoms with Crippen molar-refractivity contribution in [2.45, 2.75) is 40.4 Å². The van der Waals surface area contributed by atoms with E-state index in [0.717, 1.165) is 0 Å². The van der Waals surface area contributed by atoms with E-state index in [4.69, 9.17) is 4.43 Å². The van der Waals surface area contributed by atoms with Crippen LogP contribution in [0.2, 0.25) is 19.6 Å². The molecule has 0 aromatic heterocycles. The quantitative estimate of drug-likeness (QED) is 0.394. The highest BCUT2D eigenvalue weighted by Crippen LogP contribution is 2.11. The van der Waals surface area contributed by atoms with E-state index in [0.29, 0.717) is 11.8 Å². The smallest absolute Gasteiger partial charge is 0.244 e. The number of rotatable bonds is 5. The van der Waals surface area contributed by atoms with Gasteiger partial charge in [0.15, 0.2) is 5.88 Å². The molecule has 2 nitrogen and oxygen atoms in total. The third-order valence-corrected chi connectivity index (χ3v) is 2.63. The molecule has 0 N–H and O–H groups in total. The second-order valence-electron chi connectivity index (χ2n) is 4.81. The Morgan fingerprint density at radius 2 is 1.87 bits per heavy atom. The van der Waals surface area contributed by atoms with Crippen LogP contribution in [-0.4, -0.2) is 14.5 Å². The number of nitrogens with zero attached hydrogens (tertiary/aromatic N) is 1. The van der Waals surface area contributed by atoms with Crippen LogP contribution < -0.4 is 0 Å². The van der Waals surface area contributed by atoms with Gasteiger partial charge in [-0.1, -0.05) is 19.9 Å². The summed E-state index contributed by atoms with van der Waals surface area (Å²) in [5.41, 5.74) is 1.20. The van der Waals surface area contributed by atoms with Crippen LogP contribution in [0.1, 0.15) is 20.8 Å². The van der Waals surface area contributed by atoms with Crippen molar-refractivity contribution in [3.63, 3.8) is 0 Å². The highest BCUT2D eigenvalue weighted by Gasteiger charge is 2.16. The normalized spacial score (nSPS) is 13.7. The molecule has 0 atom stereocenters. The Balaban J connectivity index is 4.35. The molecule has 0 aliphatic carbocycles. The Bertz CT molecular complexity index is 272. The topological polar surface area (TPSA) is 21.6 Å². The summed E-state index contributed by atoms with van der Waals surface area (Å²) in [6.45, 7) is 16.4. The van der Waals surface area contributed by atoms with E-state index >= 15 is 0 Å². The van der Waals surface area contributed by atoms with Gasteiger partial charge in [-0.3, -0.25) is 0 Å². The molecule has 0 aliphatic rings. The number of hydrogen-bond acceptors (Lipinski definition) is 2. The average molecular weight is 225 g/mol. The highest BCUT2D eigenvalue weighted by molar-refractivity contribution is 6.70. The average Bonchev–Trinajstić information content (AvgIpc) is 2.01. The zero-order valence-electron chi connectivity index (χ0n) is 10.8. The Labute approximate surface area is 94.9 Å². The Kier molecular flexibility index (Phi) is 5.58. The van der Waals surface area contributed by atoms with Gasteiger partial charge in [-0.2, -0.15) is 0 Å². The third kappa shape index (κ3) is 7.14. The SMILES string of the molecule is C=C(N=C/C(=C/C)C(C)C)O[Si](C)(C)C. The van der Waals surface area contributed by atoms with Crippen LogP contribution in [0.5, 0.6) is 0 Å². The molecule has 86 valence electrons. The van der Waals surface area contributed by atoms with E-state index in [2.05, 4.69) is 51.1 Å². The van der Waals surface area contributed by atoms with Gasteiger partial charge in [-0.25, -0.2) is 4.99 Å². The fourth-order valence-corrected chi connectivity index (χ4v) is 1.84. The zero-order chi connectivity index (χ0) is 12.1. The number of hydrogen-bond donors (Lipinski definition) is 0. The number of allylic oxidation sites excluding steroid dienone is 2. The van der Waals surface area contributed by atoms with Gasteiger partial charge < -0.3 is 4.43 Å². The molecule has 0 bridgehead atoms. The minimum absolute atomic E-state index is 0.485. The molecule has 0 rings (SSSR count). The molecule has 0 aromatic carbocycles. The van der Waals surface area contributed by atoms with Gasteiger partial charge in [0, 0.05) is 6.21 Å². The maximum Gasteiger partial charge on any atom is 0.244 e. The van der Waals surface area contributed by atoms with Gasteiger partial charge in [0.1, 0.15) is 0 Å². The molecular weight excluding hydrogens is 202 g/mol. The van der Waals surface area contributed by atoms with Gasteiger partial charge >= 0.3 is 0 Å². The predicted octanol–water partition coefficient (Wildman–Crippen LogP) is 3.98. The summed E-state index contributed by atoms with van der Waals surface area (Å²) in [7, 11) is -1.56. The molecule has 0 amide bonds. The van der Waals surface area contributed by atoms with Gasteiger partial charge in [0.25, 0.3) is 0 Å². The van der Waals surface area contributed by atoms with Crippen LogP contribution in [0, 0.1) is 5.92 Å². The standard InChI is InChI=1S/C12H23NOSi/c1-8-12(10(2)3)9-13-11(4)14-15(5,6)7/h8-10H,4H2,1-3,5-7H3/b12-8-,13-9?. The molecule has 15 heavy (non-hydrogen) atoms. The molecule has 0 fully saturated rings. The van der Waals surface area contributed by atoms with Crippen LogP contribution in [-0.2, 0) is 4.43 Å².